The van der Waals surface area contributed by atoms with Crippen LogP contribution in [0.15, 0.2) is 54.6 Å². The van der Waals surface area contributed by atoms with Crippen LogP contribution >= 0.6 is 0 Å². The van der Waals surface area contributed by atoms with Gasteiger partial charge in [0.2, 0.25) is 5.91 Å². The molecule has 0 heterocycles. The van der Waals surface area contributed by atoms with Gasteiger partial charge in [0.15, 0.2) is 0 Å². The minimum Gasteiger partial charge on any atom is -0.339 e. The maximum Gasteiger partial charge on any atom is 0.253 e. The first-order chi connectivity index (χ1) is 12.1. The predicted octanol–water partition coefficient (Wildman–Crippen LogP) is 4.30. The molecule has 2 rings (SSSR count). The molecule has 0 aliphatic carbocycles. The van der Waals surface area contributed by atoms with Crippen molar-refractivity contribution in [3.05, 3.63) is 65.7 Å². The van der Waals surface area contributed by atoms with Gasteiger partial charge in [-0.2, -0.15) is 0 Å². The number of nitrogens with zero attached hydrogens (tertiary/aromatic N) is 1. The Balaban J connectivity index is 2.16. The van der Waals surface area contributed by atoms with Crippen molar-refractivity contribution in [3.63, 3.8) is 0 Å². The number of carbonyl (C=O) groups excluding carboxylic acids is 2. The van der Waals surface area contributed by atoms with E-state index in [4.69, 9.17) is 0 Å². The Hall–Kier alpha value is -2.62. The maximum atomic E-state index is 12.7. The van der Waals surface area contributed by atoms with Crippen molar-refractivity contribution in [1.82, 2.24) is 4.90 Å². The van der Waals surface area contributed by atoms with Crippen LogP contribution in [-0.2, 0) is 4.79 Å². The molecule has 0 saturated carbocycles. The van der Waals surface area contributed by atoms with E-state index in [1.54, 1.807) is 23.1 Å². The summed E-state index contributed by atoms with van der Waals surface area (Å²) >= 11 is 0. The second-order valence-corrected chi connectivity index (χ2v) is 5.92. The minimum atomic E-state index is -0.205. The molecule has 4 nitrogen and oxygen atoms in total. The minimum absolute atomic E-state index is 0.0174. The van der Waals surface area contributed by atoms with Crippen molar-refractivity contribution in [3.8, 4) is 0 Å². The van der Waals surface area contributed by atoms with E-state index in [9.17, 15) is 9.59 Å². The zero-order valence-electron chi connectivity index (χ0n) is 15.2. The zero-order valence-corrected chi connectivity index (χ0v) is 15.2. The summed E-state index contributed by atoms with van der Waals surface area (Å²) in [6.45, 7) is 7.24. The molecule has 0 spiro atoms. The largest absolute Gasteiger partial charge is 0.339 e. The Bertz CT molecular complexity index is 709. The first-order valence-electron chi connectivity index (χ1n) is 8.85. The van der Waals surface area contributed by atoms with Gasteiger partial charge in [0, 0.05) is 24.3 Å². The maximum absolute atomic E-state index is 12.7. The number of anilines is 1. The number of hydrogen-bond donors (Lipinski definition) is 1. The lowest BCUT2D eigenvalue weighted by molar-refractivity contribution is -0.117. The lowest BCUT2D eigenvalue weighted by Gasteiger charge is -2.19. The SMILES string of the molecule is CC[C@@H](C(=O)Nc1cccc(C(=O)N(CC)CC)c1)c1ccccc1. The number of carbonyl (C=O) groups is 2. The molecule has 4 heteroatoms. The molecule has 2 amide bonds. The van der Waals surface area contributed by atoms with E-state index in [0.29, 0.717) is 30.8 Å². The third-order valence-electron chi connectivity index (χ3n) is 4.35. The first kappa shape index (κ1) is 18.7. The smallest absolute Gasteiger partial charge is 0.253 e. The summed E-state index contributed by atoms with van der Waals surface area (Å²) in [6, 6.07) is 16.9. The van der Waals surface area contributed by atoms with E-state index in [1.165, 1.54) is 0 Å². The van der Waals surface area contributed by atoms with Crippen LogP contribution in [0, 0.1) is 0 Å². The molecule has 0 fully saturated rings. The highest BCUT2D eigenvalue weighted by Gasteiger charge is 2.19. The number of nitrogens with one attached hydrogen (secondary N) is 1. The van der Waals surface area contributed by atoms with Gasteiger partial charge in [-0.15, -0.1) is 0 Å². The van der Waals surface area contributed by atoms with Crippen LogP contribution in [0.1, 0.15) is 49.0 Å². The molecule has 0 aromatic heterocycles. The van der Waals surface area contributed by atoms with E-state index < -0.39 is 0 Å². The molecular weight excluding hydrogens is 312 g/mol. The summed E-state index contributed by atoms with van der Waals surface area (Å²) in [5.74, 6) is -0.277. The van der Waals surface area contributed by atoms with E-state index >= 15 is 0 Å². The van der Waals surface area contributed by atoms with Crippen molar-refractivity contribution in [2.45, 2.75) is 33.1 Å². The summed E-state index contributed by atoms with van der Waals surface area (Å²) in [6.07, 6.45) is 0.716. The monoisotopic (exact) mass is 338 g/mol. The van der Waals surface area contributed by atoms with Gasteiger partial charge in [0.25, 0.3) is 5.91 Å². The Morgan fingerprint density at radius 3 is 2.24 bits per heavy atom. The summed E-state index contributed by atoms with van der Waals surface area (Å²) in [5, 5.41) is 2.95. The first-order valence-corrected chi connectivity index (χ1v) is 8.85. The lowest BCUT2D eigenvalue weighted by atomic mass is 9.95. The van der Waals surface area contributed by atoms with Crippen LogP contribution in [0.2, 0.25) is 0 Å². The topological polar surface area (TPSA) is 49.4 Å². The van der Waals surface area contributed by atoms with Gasteiger partial charge in [-0.25, -0.2) is 0 Å². The highest BCUT2D eigenvalue weighted by atomic mass is 16.2. The fourth-order valence-corrected chi connectivity index (χ4v) is 2.91. The average Bonchev–Trinajstić information content (AvgIpc) is 2.64. The second kappa shape index (κ2) is 9.02. The zero-order chi connectivity index (χ0) is 18.2. The van der Waals surface area contributed by atoms with Crippen molar-refractivity contribution in [1.29, 1.82) is 0 Å². The Morgan fingerprint density at radius 1 is 0.960 bits per heavy atom. The summed E-state index contributed by atoms with van der Waals surface area (Å²) in [4.78, 5) is 26.9. The van der Waals surface area contributed by atoms with Crippen LogP contribution in [0.3, 0.4) is 0 Å². The molecule has 0 aliphatic rings. The molecule has 0 saturated heterocycles. The molecule has 0 aliphatic heterocycles. The van der Waals surface area contributed by atoms with E-state index in [0.717, 1.165) is 5.56 Å². The quantitative estimate of drug-likeness (QED) is 0.818. The number of benzene rings is 2. The van der Waals surface area contributed by atoms with Gasteiger partial charge in [0.05, 0.1) is 5.92 Å². The molecule has 0 unspecified atom stereocenters. The van der Waals surface area contributed by atoms with E-state index in [-0.39, 0.29) is 17.7 Å². The molecule has 1 N–H and O–H groups in total. The molecule has 1 atom stereocenters. The Morgan fingerprint density at radius 2 is 1.64 bits per heavy atom. The van der Waals surface area contributed by atoms with Crippen molar-refractivity contribution in [2.75, 3.05) is 18.4 Å². The Kier molecular flexibility index (Phi) is 6.75. The molecule has 2 aromatic rings. The van der Waals surface area contributed by atoms with Crippen LogP contribution in [-0.4, -0.2) is 29.8 Å². The number of rotatable bonds is 7. The molecule has 0 bridgehead atoms. The number of hydrogen-bond acceptors (Lipinski definition) is 2. The highest BCUT2D eigenvalue weighted by molar-refractivity contribution is 5.99. The normalized spacial score (nSPS) is 11.6. The van der Waals surface area contributed by atoms with E-state index in [2.05, 4.69) is 5.32 Å². The van der Waals surface area contributed by atoms with Crippen LogP contribution in [0.25, 0.3) is 0 Å². The predicted molar refractivity (Wildman–Crippen MR) is 102 cm³/mol. The standard InChI is InChI=1S/C21H26N2O2/c1-4-19(16-11-8-7-9-12-16)20(24)22-18-14-10-13-17(15-18)21(25)23(5-2)6-3/h7-15,19H,4-6H2,1-3H3,(H,22,24)/t19-/m1/s1. The van der Waals surface area contributed by atoms with Crippen LogP contribution in [0.4, 0.5) is 5.69 Å². The third-order valence-corrected chi connectivity index (χ3v) is 4.35. The van der Waals surface area contributed by atoms with Gasteiger partial charge in [0.1, 0.15) is 0 Å². The van der Waals surface area contributed by atoms with Gasteiger partial charge < -0.3 is 10.2 Å². The fraction of sp³-hybridized carbons (Fsp3) is 0.333. The summed E-state index contributed by atoms with van der Waals surface area (Å²) in [7, 11) is 0. The molecule has 0 radical (unpaired) electrons. The van der Waals surface area contributed by atoms with Crippen molar-refractivity contribution in [2.24, 2.45) is 0 Å². The fourth-order valence-electron chi connectivity index (χ4n) is 2.91. The third kappa shape index (κ3) is 4.69. The van der Waals surface area contributed by atoms with E-state index in [1.807, 2.05) is 57.2 Å². The lowest BCUT2D eigenvalue weighted by Crippen LogP contribution is -2.30. The van der Waals surface area contributed by atoms with Gasteiger partial charge in [-0.1, -0.05) is 43.3 Å². The van der Waals surface area contributed by atoms with Gasteiger partial charge >= 0.3 is 0 Å². The van der Waals surface area contributed by atoms with Gasteiger partial charge in [-0.3, -0.25) is 9.59 Å². The van der Waals surface area contributed by atoms with Crippen LogP contribution < -0.4 is 5.32 Å². The Labute approximate surface area is 149 Å². The summed E-state index contributed by atoms with van der Waals surface area (Å²) in [5.41, 5.74) is 2.24. The second-order valence-electron chi connectivity index (χ2n) is 5.92. The van der Waals surface area contributed by atoms with Gasteiger partial charge in [-0.05, 0) is 44.0 Å². The molecular formula is C21H26N2O2. The van der Waals surface area contributed by atoms with Crippen molar-refractivity contribution < 1.29 is 9.59 Å². The van der Waals surface area contributed by atoms with Crippen LogP contribution in [0.5, 0.6) is 0 Å². The number of amides is 2. The average molecular weight is 338 g/mol. The van der Waals surface area contributed by atoms with Crippen molar-refractivity contribution >= 4 is 17.5 Å². The molecule has 2 aromatic carbocycles. The molecule has 25 heavy (non-hydrogen) atoms. The highest BCUT2D eigenvalue weighted by Crippen LogP contribution is 2.22. The summed E-state index contributed by atoms with van der Waals surface area (Å²) < 4.78 is 0. The molecule has 132 valence electrons.